The van der Waals surface area contributed by atoms with E-state index >= 15 is 0 Å². The molecule has 1 aliphatic heterocycles. The summed E-state index contributed by atoms with van der Waals surface area (Å²) in [6, 6.07) is 16.0. The third-order valence-corrected chi connectivity index (χ3v) is 6.04. The number of hydrogen-bond donors (Lipinski definition) is 1. The lowest BCUT2D eigenvalue weighted by atomic mass is 9.77. The Morgan fingerprint density at radius 1 is 1.04 bits per heavy atom. The summed E-state index contributed by atoms with van der Waals surface area (Å²) >= 11 is 0. The Balaban J connectivity index is 1.52. The van der Waals surface area contributed by atoms with Crippen LogP contribution < -0.4 is 10.1 Å². The minimum absolute atomic E-state index is 0.374. The fraction of sp³-hybridized carbons (Fsp3) is 0.440. The van der Waals surface area contributed by atoms with E-state index in [4.69, 9.17) is 4.74 Å². The molecule has 0 saturated carbocycles. The first-order valence-electron chi connectivity index (χ1n) is 10.5. The van der Waals surface area contributed by atoms with E-state index in [9.17, 15) is 0 Å². The molecule has 3 atom stereocenters. The molecule has 4 rings (SSSR count). The van der Waals surface area contributed by atoms with Crippen molar-refractivity contribution >= 4 is 5.69 Å². The van der Waals surface area contributed by atoms with E-state index in [1.54, 1.807) is 0 Å². The first-order valence-corrected chi connectivity index (χ1v) is 10.5. The van der Waals surface area contributed by atoms with Gasteiger partial charge in [-0.2, -0.15) is 0 Å². The second kappa shape index (κ2) is 8.21. The molecule has 27 heavy (non-hydrogen) atoms. The summed E-state index contributed by atoms with van der Waals surface area (Å²) in [5.41, 5.74) is 5.35. The van der Waals surface area contributed by atoms with Crippen LogP contribution >= 0.6 is 0 Å². The molecule has 2 aliphatic rings. The van der Waals surface area contributed by atoms with Gasteiger partial charge in [-0.1, -0.05) is 68.2 Å². The highest BCUT2D eigenvalue weighted by Crippen LogP contribution is 2.50. The Labute approximate surface area is 163 Å². The lowest BCUT2D eigenvalue weighted by Gasteiger charge is -2.37. The summed E-state index contributed by atoms with van der Waals surface area (Å²) in [6.07, 6.45) is 10.9. The number of rotatable bonds is 7. The van der Waals surface area contributed by atoms with E-state index in [-0.39, 0.29) is 0 Å². The van der Waals surface area contributed by atoms with Gasteiger partial charge in [-0.3, -0.25) is 0 Å². The maximum absolute atomic E-state index is 6.04. The maximum atomic E-state index is 6.04. The van der Waals surface area contributed by atoms with Crippen molar-refractivity contribution in [1.82, 2.24) is 0 Å². The predicted molar refractivity (Wildman–Crippen MR) is 114 cm³/mol. The molecule has 142 valence electrons. The van der Waals surface area contributed by atoms with E-state index in [0.29, 0.717) is 17.9 Å². The highest BCUT2D eigenvalue weighted by atomic mass is 16.5. The molecule has 1 N–H and O–H groups in total. The molecule has 2 heteroatoms. The molecule has 2 nitrogen and oxygen atoms in total. The highest BCUT2D eigenvalue weighted by molar-refractivity contribution is 5.61. The zero-order valence-electron chi connectivity index (χ0n) is 16.6. The second-order valence-corrected chi connectivity index (χ2v) is 8.04. The van der Waals surface area contributed by atoms with Crippen LogP contribution in [0.3, 0.4) is 0 Å². The van der Waals surface area contributed by atoms with Crippen LogP contribution in [0.25, 0.3) is 0 Å². The van der Waals surface area contributed by atoms with Crippen LogP contribution in [0.4, 0.5) is 5.69 Å². The summed E-state index contributed by atoms with van der Waals surface area (Å²) < 4.78 is 6.04. The average Bonchev–Trinajstić information content (AvgIpc) is 3.18. The van der Waals surface area contributed by atoms with Gasteiger partial charge < -0.3 is 10.1 Å². The van der Waals surface area contributed by atoms with Gasteiger partial charge in [0.1, 0.15) is 5.75 Å². The largest absolute Gasteiger partial charge is 0.494 e. The van der Waals surface area contributed by atoms with Gasteiger partial charge in [0.05, 0.1) is 12.6 Å². The van der Waals surface area contributed by atoms with Crippen molar-refractivity contribution in [1.29, 1.82) is 0 Å². The van der Waals surface area contributed by atoms with Crippen LogP contribution in [0.2, 0.25) is 0 Å². The van der Waals surface area contributed by atoms with Gasteiger partial charge in [0, 0.05) is 11.6 Å². The van der Waals surface area contributed by atoms with Crippen LogP contribution in [-0.4, -0.2) is 6.61 Å². The van der Waals surface area contributed by atoms with Crippen LogP contribution in [0.1, 0.15) is 67.7 Å². The van der Waals surface area contributed by atoms with Crippen LogP contribution in [-0.2, 0) is 0 Å². The van der Waals surface area contributed by atoms with Gasteiger partial charge in [0.15, 0.2) is 0 Å². The van der Waals surface area contributed by atoms with Gasteiger partial charge in [0.2, 0.25) is 0 Å². The third-order valence-electron chi connectivity index (χ3n) is 6.04. The molecule has 3 unspecified atom stereocenters. The summed E-state index contributed by atoms with van der Waals surface area (Å²) in [5.74, 6) is 2.08. The lowest BCUT2D eigenvalue weighted by molar-refractivity contribution is 0.304. The minimum Gasteiger partial charge on any atom is -0.494 e. The first kappa shape index (κ1) is 18.2. The maximum Gasteiger partial charge on any atom is 0.119 e. The Hall–Kier alpha value is -2.22. The number of anilines is 1. The summed E-state index contributed by atoms with van der Waals surface area (Å²) in [6.45, 7) is 5.21. The van der Waals surface area contributed by atoms with Crippen molar-refractivity contribution in [3.63, 3.8) is 0 Å². The van der Waals surface area contributed by atoms with Gasteiger partial charge in [-0.25, -0.2) is 0 Å². The molecular formula is C25H31NO. The molecule has 0 amide bonds. The molecule has 1 aliphatic carbocycles. The van der Waals surface area contributed by atoms with Crippen molar-refractivity contribution in [3.05, 3.63) is 71.3 Å². The number of fused-ring (bicyclic) bond motifs is 3. The molecule has 2 aromatic carbocycles. The number of benzene rings is 2. The molecule has 0 bridgehead atoms. The topological polar surface area (TPSA) is 21.3 Å². The monoisotopic (exact) mass is 361 g/mol. The summed E-state index contributed by atoms with van der Waals surface area (Å²) in [5, 5.41) is 3.82. The van der Waals surface area contributed by atoms with E-state index < -0.39 is 0 Å². The smallest absolute Gasteiger partial charge is 0.119 e. The number of allylic oxidation sites excluding steroid dienone is 2. The Bertz CT molecular complexity index is 792. The fourth-order valence-electron chi connectivity index (χ4n) is 4.48. The van der Waals surface area contributed by atoms with Gasteiger partial charge >= 0.3 is 0 Å². The molecule has 0 aromatic heterocycles. The fourth-order valence-corrected chi connectivity index (χ4v) is 4.48. The van der Waals surface area contributed by atoms with Crippen LogP contribution in [0, 0.1) is 12.8 Å². The van der Waals surface area contributed by atoms with E-state index in [0.717, 1.165) is 25.2 Å². The number of unbranched alkanes of at least 4 members (excludes halogenated alkanes) is 3. The Morgan fingerprint density at radius 2 is 1.89 bits per heavy atom. The SMILES string of the molecule is CCCCCCOc1ccc2c(c1)C1C=CCC1C(c1ccc(C)cc1)N2. The molecular weight excluding hydrogens is 330 g/mol. The standard InChI is InChI=1S/C25H31NO/c1-3-4-5-6-16-27-20-14-15-24-23(17-20)21-8-7-9-22(21)25(26-24)19-12-10-18(2)11-13-19/h7-8,10-15,17,21-22,25-26H,3-6,9,16H2,1-2H3. The van der Waals surface area contributed by atoms with Crippen molar-refractivity contribution in [2.75, 3.05) is 11.9 Å². The summed E-state index contributed by atoms with van der Waals surface area (Å²) in [7, 11) is 0. The predicted octanol–water partition coefficient (Wildman–Crippen LogP) is 6.78. The second-order valence-electron chi connectivity index (χ2n) is 8.04. The molecule has 0 radical (unpaired) electrons. The Kier molecular flexibility index (Phi) is 5.52. The van der Waals surface area contributed by atoms with Gasteiger partial charge in [0.25, 0.3) is 0 Å². The lowest BCUT2D eigenvalue weighted by Crippen LogP contribution is -2.29. The molecule has 0 fully saturated rings. The zero-order valence-corrected chi connectivity index (χ0v) is 16.6. The highest BCUT2D eigenvalue weighted by Gasteiger charge is 2.37. The average molecular weight is 362 g/mol. The third kappa shape index (κ3) is 3.90. The van der Waals surface area contributed by atoms with Crippen molar-refractivity contribution in [2.24, 2.45) is 5.92 Å². The number of ether oxygens (including phenoxy) is 1. The van der Waals surface area contributed by atoms with Crippen molar-refractivity contribution < 1.29 is 4.74 Å². The van der Waals surface area contributed by atoms with Crippen LogP contribution in [0.15, 0.2) is 54.6 Å². The van der Waals surface area contributed by atoms with Crippen molar-refractivity contribution in [2.45, 2.75) is 57.9 Å². The zero-order chi connectivity index (χ0) is 18.6. The molecule has 0 spiro atoms. The van der Waals surface area contributed by atoms with Crippen LogP contribution in [0.5, 0.6) is 5.75 Å². The van der Waals surface area contributed by atoms with E-state index in [1.165, 1.54) is 41.6 Å². The van der Waals surface area contributed by atoms with E-state index in [2.05, 4.69) is 73.8 Å². The molecule has 2 aromatic rings. The first-order chi connectivity index (χ1) is 13.3. The molecule has 1 heterocycles. The number of nitrogens with one attached hydrogen (secondary N) is 1. The van der Waals surface area contributed by atoms with Gasteiger partial charge in [-0.05, 0) is 55.0 Å². The number of hydrogen-bond acceptors (Lipinski definition) is 2. The minimum atomic E-state index is 0.374. The van der Waals surface area contributed by atoms with Gasteiger partial charge in [-0.15, -0.1) is 0 Å². The van der Waals surface area contributed by atoms with Crippen molar-refractivity contribution in [3.8, 4) is 5.75 Å². The quantitative estimate of drug-likeness (QED) is 0.433. The normalized spacial score (nSPS) is 22.8. The Morgan fingerprint density at radius 3 is 2.70 bits per heavy atom. The number of aryl methyl sites for hydroxylation is 1. The van der Waals surface area contributed by atoms with E-state index in [1.807, 2.05) is 0 Å². The molecule has 0 saturated heterocycles. The summed E-state index contributed by atoms with van der Waals surface area (Å²) in [4.78, 5) is 0.